The molecule has 1 heterocycles. The Hall–Kier alpha value is -2.65. The van der Waals surface area contributed by atoms with Crippen molar-refractivity contribution in [1.29, 1.82) is 0 Å². The first-order chi connectivity index (χ1) is 14.3. The van der Waals surface area contributed by atoms with Gasteiger partial charge in [-0.2, -0.15) is 4.98 Å². The zero-order valence-electron chi connectivity index (χ0n) is 17.3. The van der Waals surface area contributed by atoms with Crippen LogP contribution in [0.1, 0.15) is 31.2 Å². The number of nitrogens with one attached hydrogen (secondary N) is 2. The van der Waals surface area contributed by atoms with Gasteiger partial charge in [-0.15, -0.1) is 0 Å². The van der Waals surface area contributed by atoms with Crippen molar-refractivity contribution in [3.8, 4) is 0 Å². The third-order valence-electron chi connectivity index (χ3n) is 5.40. The van der Waals surface area contributed by atoms with Gasteiger partial charge in [0.05, 0.1) is 4.92 Å². The van der Waals surface area contributed by atoms with Gasteiger partial charge >= 0.3 is 5.69 Å². The summed E-state index contributed by atoms with van der Waals surface area (Å²) in [6, 6.07) is 6.03. The summed E-state index contributed by atoms with van der Waals surface area (Å²) in [4.78, 5) is 21.3. The SMILES string of the molecule is CN(C)c1ccc(Cl)c(CNc2ncc([N+](=O)[O-])c(NC[C@H]3CC[C@H](N)CC3)n2)c1. The number of hydrogen-bond acceptors (Lipinski definition) is 8. The fourth-order valence-electron chi connectivity index (χ4n) is 3.51. The summed E-state index contributed by atoms with van der Waals surface area (Å²) in [5.74, 6) is 0.962. The standard InChI is InChI=1S/C20H28ClN7O2/c1-27(2)16-7-8-17(21)14(9-16)11-24-20-25-12-18(28(29)30)19(26-20)23-10-13-3-5-15(22)6-4-13/h7-9,12-13,15H,3-6,10-11,22H2,1-2H3,(H2,23,24,25,26)/t13-,15-. The molecule has 3 rings (SSSR count). The molecular weight excluding hydrogens is 406 g/mol. The van der Waals surface area contributed by atoms with Crippen molar-refractivity contribution in [2.45, 2.75) is 38.3 Å². The minimum Gasteiger partial charge on any atom is -0.378 e. The summed E-state index contributed by atoms with van der Waals surface area (Å²) in [6.07, 6.45) is 5.22. The summed E-state index contributed by atoms with van der Waals surface area (Å²) in [6.45, 7) is 1.03. The zero-order valence-corrected chi connectivity index (χ0v) is 18.0. The molecule has 0 amide bonds. The van der Waals surface area contributed by atoms with Crippen molar-refractivity contribution in [1.82, 2.24) is 9.97 Å². The number of nitro groups is 1. The minimum atomic E-state index is -0.472. The maximum Gasteiger partial charge on any atom is 0.329 e. The molecule has 9 nitrogen and oxygen atoms in total. The number of benzene rings is 1. The molecule has 2 aromatic rings. The van der Waals surface area contributed by atoms with Crippen molar-refractivity contribution in [3.63, 3.8) is 0 Å². The Balaban J connectivity index is 1.69. The molecule has 0 bridgehead atoms. The third kappa shape index (κ3) is 5.70. The van der Waals surface area contributed by atoms with E-state index in [1.165, 1.54) is 6.20 Å². The fraction of sp³-hybridized carbons (Fsp3) is 0.500. The van der Waals surface area contributed by atoms with Crippen molar-refractivity contribution in [2.24, 2.45) is 11.7 Å². The Morgan fingerprint density at radius 3 is 2.67 bits per heavy atom. The highest BCUT2D eigenvalue weighted by atomic mass is 35.5. The van der Waals surface area contributed by atoms with Gasteiger partial charge in [-0.1, -0.05) is 11.6 Å². The fourth-order valence-corrected chi connectivity index (χ4v) is 3.69. The lowest BCUT2D eigenvalue weighted by atomic mass is 9.86. The van der Waals surface area contributed by atoms with Gasteiger partial charge in [0.25, 0.3) is 0 Å². The first kappa shape index (κ1) is 22.0. The van der Waals surface area contributed by atoms with E-state index < -0.39 is 4.92 Å². The van der Waals surface area contributed by atoms with E-state index in [4.69, 9.17) is 17.3 Å². The Morgan fingerprint density at radius 1 is 1.27 bits per heavy atom. The topological polar surface area (TPSA) is 122 Å². The first-order valence-electron chi connectivity index (χ1n) is 10.0. The van der Waals surface area contributed by atoms with Gasteiger partial charge in [-0.25, -0.2) is 4.98 Å². The van der Waals surface area contributed by atoms with Crippen LogP contribution in [-0.4, -0.2) is 41.6 Å². The van der Waals surface area contributed by atoms with Gasteiger partial charge in [0.2, 0.25) is 11.8 Å². The van der Waals surface area contributed by atoms with Crippen molar-refractivity contribution < 1.29 is 4.92 Å². The molecule has 4 N–H and O–H groups in total. The largest absolute Gasteiger partial charge is 0.378 e. The van der Waals surface area contributed by atoms with Crippen molar-refractivity contribution in [2.75, 3.05) is 36.2 Å². The molecule has 0 spiro atoms. The molecule has 1 fully saturated rings. The second kappa shape index (κ2) is 9.90. The van der Waals surface area contributed by atoms with E-state index in [0.717, 1.165) is 36.9 Å². The highest BCUT2D eigenvalue weighted by Crippen LogP contribution is 2.27. The molecular formula is C20H28ClN7O2. The lowest BCUT2D eigenvalue weighted by Crippen LogP contribution is -2.29. The van der Waals surface area contributed by atoms with Gasteiger partial charge in [-0.05, 0) is 55.4 Å². The average Bonchev–Trinajstić information content (AvgIpc) is 2.72. The van der Waals surface area contributed by atoms with Gasteiger partial charge in [0.1, 0.15) is 6.20 Å². The Labute approximate surface area is 181 Å². The molecule has 1 aliphatic rings. The Bertz CT molecular complexity index is 885. The molecule has 1 aliphatic carbocycles. The van der Waals surface area contributed by atoms with Crippen LogP contribution in [0.4, 0.5) is 23.1 Å². The molecule has 0 saturated heterocycles. The number of anilines is 3. The third-order valence-corrected chi connectivity index (χ3v) is 5.77. The monoisotopic (exact) mass is 433 g/mol. The van der Waals surface area contributed by atoms with E-state index in [9.17, 15) is 10.1 Å². The molecule has 30 heavy (non-hydrogen) atoms. The van der Waals surface area contributed by atoms with Crippen LogP contribution in [-0.2, 0) is 6.54 Å². The van der Waals surface area contributed by atoms with Crippen LogP contribution < -0.4 is 21.3 Å². The van der Waals surface area contributed by atoms with Crippen molar-refractivity contribution in [3.05, 3.63) is 45.1 Å². The minimum absolute atomic E-state index is 0.138. The highest BCUT2D eigenvalue weighted by Gasteiger charge is 2.22. The molecule has 0 aliphatic heterocycles. The Morgan fingerprint density at radius 2 is 2.00 bits per heavy atom. The number of aromatic nitrogens is 2. The van der Waals surface area contributed by atoms with Crippen LogP contribution in [0.25, 0.3) is 0 Å². The molecule has 1 aromatic carbocycles. The summed E-state index contributed by atoms with van der Waals surface area (Å²) in [7, 11) is 3.91. The molecule has 0 atom stereocenters. The molecule has 162 valence electrons. The van der Waals surface area contributed by atoms with Crippen LogP contribution in [0.3, 0.4) is 0 Å². The number of nitrogens with two attached hydrogens (primary N) is 1. The lowest BCUT2D eigenvalue weighted by Gasteiger charge is -2.26. The predicted molar refractivity (Wildman–Crippen MR) is 120 cm³/mol. The lowest BCUT2D eigenvalue weighted by molar-refractivity contribution is -0.384. The molecule has 0 unspecified atom stereocenters. The van der Waals surface area contributed by atoms with Gasteiger partial charge in [0.15, 0.2) is 0 Å². The number of halogens is 1. The quantitative estimate of drug-likeness (QED) is 0.426. The number of hydrogen-bond donors (Lipinski definition) is 3. The van der Waals surface area contributed by atoms with Crippen LogP contribution in [0.2, 0.25) is 5.02 Å². The van der Waals surface area contributed by atoms with Crippen LogP contribution >= 0.6 is 11.6 Å². The molecule has 1 saturated carbocycles. The molecule has 0 radical (unpaired) electrons. The maximum absolute atomic E-state index is 11.4. The number of nitrogens with zero attached hydrogens (tertiary/aromatic N) is 4. The van der Waals surface area contributed by atoms with Crippen LogP contribution in [0.15, 0.2) is 24.4 Å². The summed E-state index contributed by atoms with van der Waals surface area (Å²) < 4.78 is 0. The zero-order chi connectivity index (χ0) is 21.7. The normalized spacial score (nSPS) is 18.7. The summed E-state index contributed by atoms with van der Waals surface area (Å²) in [5, 5.41) is 18.3. The average molecular weight is 434 g/mol. The first-order valence-corrected chi connectivity index (χ1v) is 10.4. The second-order valence-electron chi connectivity index (χ2n) is 7.87. The Kier molecular flexibility index (Phi) is 7.28. The van der Waals surface area contributed by atoms with Crippen LogP contribution in [0.5, 0.6) is 0 Å². The van der Waals surface area contributed by atoms with Crippen LogP contribution in [0, 0.1) is 16.0 Å². The maximum atomic E-state index is 11.4. The molecule has 10 heteroatoms. The van der Waals surface area contributed by atoms with E-state index in [0.29, 0.717) is 30.0 Å². The molecule has 1 aromatic heterocycles. The number of rotatable bonds is 8. The van der Waals surface area contributed by atoms with E-state index in [-0.39, 0.29) is 17.5 Å². The van der Waals surface area contributed by atoms with Gasteiger partial charge in [0, 0.05) is 43.9 Å². The second-order valence-corrected chi connectivity index (χ2v) is 8.28. The van der Waals surface area contributed by atoms with Crippen molar-refractivity contribution >= 4 is 34.7 Å². The van der Waals surface area contributed by atoms with E-state index in [1.807, 2.05) is 37.2 Å². The smallest absolute Gasteiger partial charge is 0.329 e. The van der Waals surface area contributed by atoms with Gasteiger partial charge in [-0.3, -0.25) is 10.1 Å². The van der Waals surface area contributed by atoms with E-state index >= 15 is 0 Å². The predicted octanol–water partition coefficient (Wildman–Crippen LogP) is 3.65. The van der Waals surface area contributed by atoms with E-state index in [2.05, 4.69) is 20.6 Å². The summed E-state index contributed by atoms with van der Waals surface area (Å²) >= 11 is 6.30. The summed E-state index contributed by atoms with van der Waals surface area (Å²) in [5.41, 5.74) is 7.73. The van der Waals surface area contributed by atoms with Gasteiger partial charge < -0.3 is 21.3 Å². The highest BCUT2D eigenvalue weighted by molar-refractivity contribution is 6.31. The van der Waals surface area contributed by atoms with E-state index in [1.54, 1.807) is 0 Å².